The van der Waals surface area contributed by atoms with Crippen LogP contribution in [0.2, 0.25) is 0 Å². The minimum Gasteiger partial charge on any atom is -0.394 e. The van der Waals surface area contributed by atoms with Gasteiger partial charge in [0.15, 0.2) is 25.2 Å². The first kappa shape index (κ1) is 38.5. The van der Waals surface area contributed by atoms with Gasteiger partial charge in [-0.05, 0) is 92.3 Å². The monoisotopic (exact) mass is 724 g/mol. The molecule has 0 aromatic rings. The summed E-state index contributed by atoms with van der Waals surface area (Å²) in [5.74, 6) is 2.48. The molecular formula is C39H64O12. The zero-order valence-electron chi connectivity index (χ0n) is 31.5. The molecular weight excluding hydrogens is 660 g/mol. The maximum absolute atomic E-state index is 14.4. The molecule has 0 aromatic carbocycles. The highest BCUT2D eigenvalue weighted by Gasteiger charge is 2.70. The van der Waals surface area contributed by atoms with Gasteiger partial charge in [0.05, 0.1) is 37.6 Å². The lowest BCUT2D eigenvalue weighted by Gasteiger charge is -2.60. The maximum atomic E-state index is 14.4. The molecule has 19 atom stereocenters. The van der Waals surface area contributed by atoms with Crippen LogP contribution in [0, 0.1) is 52.3 Å². The molecule has 292 valence electrons. The van der Waals surface area contributed by atoms with E-state index < -0.39 is 48.9 Å². The molecule has 3 heterocycles. The number of ketones is 1. The van der Waals surface area contributed by atoms with Gasteiger partial charge >= 0.3 is 0 Å². The highest BCUT2D eigenvalue weighted by atomic mass is 16.8. The number of ether oxygens (including phenoxy) is 7. The molecule has 4 N–H and O–H groups in total. The van der Waals surface area contributed by atoms with Crippen molar-refractivity contribution in [2.75, 3.05) is 27.1 Å². The summed E-state index contributed by atoms with van der Waals surface area (Å²) in [5, 5.41) is 40.8. The normalized spacial score (nSPS) is 51.3. The Kier molecular flexibility index (Phi) is 11.1. The number of Topliss-reactive ketones (excluding diaryl/α,β-unsaturated/α-hetero) is 1. The van der Waals surface area contributed by atoms with E-state index in [0.717, 1.165) is 58.0 Å². The Morgan fingerprint density at radius 1 is 1.02 bits per heavy atom. The van der Waals surface area contributed by atoms with Crippen molar-refractivity contribution in [2.45, 2.75) is 160 Å². The van der Waals surface area contributed by atoms with Crippen molar-refractivity contribution >= 4 is 5.78 Å². The molecule has 7 aliphatic rings. The quantitative estimate of drug-likeness (QED) is 0.192. The van der Waals surface area contributed by atoms with Gasteiger partial charge in [0.25, 0.3) is 0 Å². The molecule has 0 radical (unpaired) electrons. The molecule has 0 bridgehead atoms. The summed E-state index contributed by atoms with van der Waals surface area (Å²) in [5.41, 5.74) is -0.126. The largest absolute Gasteiger partial charge is 0.394 e. The number of aliphatic hydroxyl groups excluding tert-OH is 4. The minimum absolute atomic E-state index is 0.0530. The van der Waals surface area contributed by atoms with E-state index in [4.69, 9.17) is 33.2 Å². The SMILES string of the molecule is COC(OCO[C@H]1C(O)C[C@@H](O[C@H]2CC[C@]3(C)C4C(=O)C[C@@]5(C)C(CC6OC7(CC[C@@H](C)CO7)[C@H](C)C65)C4CC[C@H]3C2)OC1CO)[C@@H](O)C(C)O. The van der Waals surface area contributed by atoms with Gasteiger partial charge in [-0.25, -0.2) is 0 Å². The van der Waals surface area contributed by atoms with Gasteiger partial charge in [-0.1, -0.05) is 27.7 Å². The fourth-order valence-electron chi connectivity index (χ4n) is 12.5. The summed E-state index contributed by atoms with van der Waals surface area (Å²) < 4.78 is 42.2. The lowest BCUT2D eigenvalue weighted by Crippen LogP contribution is -2.59. The Bertz CT molecular complexity index is 1220. The van der Waals surface area contributed by atoms with Crippen LogP contribution in [0.5, 0.6) is 0 Å². The second kappa shape index (κ2) is 14.7. The number of carbonyl (C=O) groups is 1. The molecule has 7 fully saturated rings. The lowest BCUT2D eigenvalue weighted by atomic mass is 9.44. The average Bonchev–Trinajstić information content (AvgIpc) is 3.53. The van der Waals surface area contributed by atoms with Crippen molar-refractivity contribution in [3.05, 3.63) is 0 Å². The summed E-state index contributed by atoms with van der Waals surface area (Å²) in [7, 11) is 1.34. The molecule has 0 amide bonds. The third-order valence-corrected chi connectivity index (χ3v) is 15.1. The number of methoxy groups -OCH3 is 1. The number of rotatable bonds is 10. The Hall–Kier alpha value is -0.770. The number of hydrogen-bond acceptors (Lipinski definition) is 12. The van der Waals surface area contributed by atoms with Crippen molar-refractivity contribution in [3.8, 4) is 0 Å². The van der Waals surface area contributed by atoms with E-state index in [1.165, 1.54) is 14.0 Å². The fraction of sp³-hybridized carbons (Fsp3) is 0.974. The number of hydrogen-bond donors (Lipinski definition) is 4. The van der Waals surface area contributed by atoms with Gasteiger partial charge in [-0.2, -0.15) is 0 Å². The zero-order valence-corrected chi connectivity index (χ0v) is 31.5. The van der Waals surface area contributed by atoms with Crippen LogP contribution in [-0.4, -0.2) is 114 Å². The number of fused-ring (bicyclic) bond motifs is 7. The molecule has 3 aliphatic heterocycles. The van der Waals surface area contributed by atoms with Crippen LogP contribution in [0.3, 0.4) is 0 Å². The first-order chi connectivity index (χ1) is 24.2. The van der Waals surface area contributed by atoms with E-state index in [0.29, 0.717) is 41.8 Å². The standard InChI is InChI=1S/C39H64O12/c1-20-9-12-39(48-18-20)21(2)32-29(51-39)14-26-25-8-7-23-13-24(10-11-37(23,4)33(25)28(43)16-38(26,32)5)49-31-15-27(42)35(30(17-40)50-31)46-19-47-36(45-6)34(44)22(3)41/h20-27,29-36,40-42,44H,7-19H2,1-6H3/t20-,21-,22?,23+,24+,25?,26?,27?,29?,30?,31+,32?,33?,34+,35+,36?,37+,38+,39?/m1/s1. The van der Waals surface area contributed by atoms with E-state index in [-0.39, 0.29) is 54.7 Å². The van der Waals surface area contributed by atoms with Crippen molar-refractivity contribution in [2.24, 2.45) is 52.3 Å². The van der Waals surface area contributed by atoms with E-state index in [1.807, 2.05) is 0 Å². The van der Waals surface area contributed by atoms with E-state index in [1.54, 1.807) is 0 Å². The van der Waals surface area contributed by atoms with E-state index in [9.17, 15) is 25.2 Å². The molecule has 3 saturated heterocycles. The van der Waals surface area contributed by atoms with Crippen molar-refractivity contribution in [1.82, 2.24) is 0 Å². The van der Waals surface area contributed by atoms with E-state index in [2.05, 4.69) is 27.7 Å². The summed E-state index contributed by atoms with van der Waals surface area (Å²) >= 11 is 0. The van der Waals surface area contributed by atoms with Crippen LogP contribution in [-0.2, 0) is 38.0 Å². The highest BCUT2D eigenvalue weighted by molar-refractivity contribution is 5.84. The molecule has 4 saturated carbocycles. The second-order valence-corrected chi connectivity index (χ2v) is 18.0. The van der Waals surface area contributed by atoms with Gasteiger partial charge in [0.1, 0.15) is 24.1 Å². The summed E-state index contributed by atoms with van der Waals surface area (Å²) in [6.45, 7) is 10.8. The third-order valence-electron chi connectivity index (χ3n) is 15.1. The maximum Gasteiger partial charge on any atom is 0.188 e. The van der Waals surface area contributed by atoms with Crippen LogP contribution < -0.4 is 0 Å². The van der Waals surface area contributed by atoms with Crippen LogP contribution >= 0.6 is 0 Å². The molecule has 4 aliphatic carbocycles. The van der Waals surface area contributed by atoms with E-state index >= 15 is 0 Å². The van der Waals surface area contributed by atoms with Crippen molar-refractivity contribution in [3.63, 3.8) is 0 Å². The number of carbonyl (C=O) groups excluding carboxylic acids is 1. The van der Waals surface area contributed by atoms with Crippen molar-refractivity contribution in [1.29, 1.82) is 0 Å². The molecule has 12 nitrogen and oxygen atoms in total. The third kappa shape index (κ3) is 6.68. The van der Waals surface area contributed by atoms with Gasteiger partial charge in [-0.15, -0.1) is 0 Å². The highest BCUT2D eigenvalue weighted by Crippen LogP contribution is 2.70. The Morgan fingerprint density at radius 2 is 1.80 bits per heavy atom. The van der Waals surface area contributed by atoms with Crippen LogP contribution in [0.15, 0.2) is 0 Å². The van der Waals surface area contributed by atoms with Crippen LogP contribution in [0.1, 0.15) is 98.8 Å². The van der Waals surface area contributed by atoms with Gasteiger partial charge in [-0.3, -0.25) is 4.79 Å². The smallest absolute Gasteiger partial charge is 0.188 e. The van der Waals surface area contributed by atoms with Crippen molar-refractivity contribution < 1.29 is 58.4 Å². The molecule has 12 heteroatoms. The topological polar surface area (TPSA) is 163 Å². The Balaban J connectivity index is 0.950. The fourth-order valence-corrected chi connectivity index (χ4v) is 12.5. The molecule has 0 aromatic heterocycles. The molecule has 1 spiro atoms. The Morgan fingerprint density at radius 3 is 2.49 bits per heavy atom. The minimum atomic E-state index is -1.28. The predicted octanol–water partition coefficient (Wildman–Crippen LogP) is 3.54. The number of aliphatic hydroxyl groups is 4. The first-order valence-electron chi connectivity index (χ1n) is 19.8. The summed E-state index contributed by atoms with van der Waals surface area (Å²) in [4.78, 5) is 14.4. The summed E-state index contributed by atoms with van der Waals surface area (Å²) in [6, 6.07) is 0. The molecule has 51 heavy (non-hydrogen) atoms. The Labute approximate surface area is 303 Å². The molecule has 7 rings (SSSR count). The molecule has 10 unspecified atom stereocenters. The zero-order chi connectivity index (χ0) is 36.5. The second-order valence-electron chi connectivity index (χ2n) is 18.0. The van der Waals surface area contributed by atoms with Gasteiger partial charge in [0, 0.05) is 38.2 Å². The first-order valence-corrected chi connectivity index (χ1v) is 19.8. The van der Waals surface area contributed by atoms with Crippen LogP contribution in [0.25, 0.3) is 0 Å². The summed E-state index contributed by atoms with van der Waals surface area (Å²) in [6.07, 6.45) is 1.83. The van der Waals surface area contributed by atoms with Gasteiger partial charge < -0.3 is 53.6 Å². The average molecular weight is 725 g/mol. The lowest BCUT2D eigenvalue weighted by molar-refractivity contribution is -0.305. The van der Waals surface area contributed by atoms with Crippen LogP contribution in [0.4, 0.5) is 0 Å². The predicted molar refractivity (Wildman–Crippen MR) is 183 cm³/mol. The van der Waals surface area contributed by atoms with Gasteiger partial charge in [0.2, 0.25) is 0 Å².